The zero-order valence-corrected chi connectivity index (χ0v) is 15.1. The number of carbonyl (C=O) groups is 2. The van der Waals surface area contributed by atoms with Crippen LogP contribution in [0.25, 0.3) is 0 Å². The average molecular weight is 348 g/mol. The van der Waals surface area contributed by atoms with Gasteiger partial charge in [0.2, 0.25) is 5.91 Å². The van der Waals surface area contributed by atoms with E-state index in [0.717, 1.165) is 25.7 Å². The smallest absolute Gasteiger partial charge is 0.252 e. The maximum absolute atomic E-state index is 12.1. The van der Waals surface area contributed by atoms with Crippen molar-refractivity contribution in [2.24, 2.45) is 5.73 Å². The molecule has 25 heavy (non-hydrogen) atoms. The van der Waals surface area contributed by atoms with Gasteiger partial charge in [-0.15, -0.1) is 0 Å². The molecule has 1 aromatic carbocycles. The van der Waals surface area contributed by atoms with E-state index >= 15 is 0 Å². The molecule has 0 aliphatic heterocycles. The van der Waals surface area contributed by atoms with Crippen molar-refractivity contribution in [3.05, 3.63) is 35.4 Å². The standard InChI is InChI=1S/C20H32N2O3/c21-19(24)17-13-9-10-14-18(17)20(25)22-15-11-7-5-3-1-2-4-6-8-12-16-23/h9-10,13-14,23H,1-8,11-12,15-16H2,(H2,21,24)(H,22,25). The molecular weight excluding hydrogens is 316 g/mol. The second-order valence-electron chi connectivity index (χ2n) is 6.42. The van der Waals surface area contributed by atoms with E-state index in [0.29, 0.717) is 18.7 Å². The van der Waals surface area contributed by atoms with Gasteiger partial charge in [-0.3, -0.25) is 9.59 Å². The van der Waals surface area contributed by atoms with Gasteiger partial charge in [0.25, 0.3) is 5.91 Å². The highest BCUT2D eigenvalue weighted by Gasteiger charge is 2.13. The lowest BCUT2D eigenvalue weighted by atomic mass is 10.1. The number of aliphatic hydroxyl groups is 1. The van der Waals surface area contributed by atoms with Crippen molar-refractivity contribution < 1.29 is 14.7 Å². The normalized spacial score (nSPS) is 10.6. The predicted molar refractivity (Wildman–Crippen MR) is 101 cm³/mol. The number of carbonyl (C=O) groups excluding carboxylic acids is 2. The van der Waals surface area contributed by atoms with Crippen molar-refractivity contribution in [3.8, 4) is 0 Å². The summed E-state index contributed by atoms with van der Waals surface area (Å²) in [5, 5.41) is 11.6. The molecular formula is C20H32N2O3. The fraction of sp³-hybridized carbons (Fsp3) is 0.600. The SMILES string of the molecule is NC(=O)c1ccccc1C(=O)NCCCCCCCCCCCCO. The van der Waals surface area contributed by atoms with Gasteiger partial charge in [-0.25, -0.2) is 0 Å². The summed E-state index contributed by atoms with van der Waals surface area (Å²) >= 11 is 0. The maximum atomic E-state index is 12.1. The summed E-state index contributed by atoms with van der Waals surface area (Å²) in [5.41, 5.74) is 5.90. The number of nitrogens with one attached hydrogen (secondary N) is 1. The number of primary amides is 1. The Bertz CT molecular complexity index is 517. The molecule has 5 heteroatoms. The summed E-state index contributed by atoms with van der Waals surface area (Å²) < 4.78 is 0. The summed E-state index contributed by atoms with van der Waals surface area (Å²) in [5.74, 6) is -0.820. The highest BCUT2D eigenvalue weighted by molar-refractivity contribution is 6.06. The molecule has 0 saturated carbocycles. The van der Waals surface area contributed by atoms with Gasteiger partial charge in [0.1, 0.15) is 0 Å². The van der Waals surface area contributed by atoms with Gasteiger partial charge in [0.05, 0.1) is 11.1 Å². The minimum absolute atomic E-state index is 0.239. The highest BCUT2D eigenvalue weighted by Crippen LogP contribution is 2.11. The topological polar surface area (TPSA) is 92.4 Å². The van der Waals surface area contributed by atoms with Crippen LogP contribution in [-0.4, -0.2) is 30.1 Å². The van der Waals surface area contributed by atoms with Crippen LogP contribution in [-0.2, 0) is 0 Å². The first-order chi connectivity index (χ1) is 12.2. The van der Waals surface area contributed by atoms with Crippen molar-refractivity contribution in [1.29, 1.82) is 0 Å². The molecule has 140 valence electrons. The summed E-state index contributed by atoms with van der Waals surface area (Å²) in [7, 11) is 0. The third kappa shape index (κ3) is 9.25. The van der Waals surface area contributed by atoms with E-state index in [9.17, 15) is 9.59 Å². The summed E-state index contributed by atoms with van der Waals surface area (Å²) in [6.07, 6.45) is 11.5. The fourth-order valence-corrected chi connectivity index (χ4v) is 2.84. The van der Waals surface area contributed by atoms with Crippen LogP contribution >= 0.6 is 0 Å². The van der Waals surface area contributed by atoms with Crippen LogP contribution in [0, 0.1) is 0 Å². The van der Waals surface area contributed by atoms with Gasteiger partial charge in [-0.2, -0.15) is 0 Å². The molecule has 0 radical (unpaired) electrons. The van der Waals surface area contributed by atoms with Gasteiger partial charge < -0.3 is 16.2 Å². The van der Waals surface area contributed by atoms with E-state index in [1.54, 1.807) is 24.3 Å². The largest absolute Gasteiger partial charge is 0.396 e. The fourth-order valence-electron chi connectivity index (χ4n) is 2.84. The first-order valence-electron chi connectivity index (χ1n) is 9.44. The highest BCUT2D eigenvalue weighted by atomic mass is 16.3. The molecule has 4 N–H and O–H groups in total. The van der Waals surface area contributed by atoms with Gasteiger partial charge >= 0.3 is 0 Å². The van der Waals surface area contributed by atoms with Crippen LogP contribution in [0.1, 0.15) is 84.9 Å². The van der Waals surface area contributed by atoms with Crippen molar-refractivity contribution in [3.63, 3.8) is 0 Å². The van der Waals surface area contributed by atoms with Crippen molar-refractivity contribution in [2.75, 3.05) is 13.2 Å². The number of amides is 2. The molecule has 2 amide bonds. The third-order valence-electron chi connectivity index (χ3n) is 4.31. The van der Waals surface area contributed by atoms with Gasteiger partial charge in [-0.1, -0.05) is 63.5 Å². The van der Waals surface area contributed by atoms with Crippen molar-refractivity contribution >= 4 is 11.8 Å². The monoisotopic (exact) mass is 348 g/mol. The molecule has 1 aromatic rings. The number of unbranched alkanes of at least 4 members (excludes halogenated alkanes) is 9. The number of rotatable bonds is 14. The first-order valence-corrected chi connectivity index (χ1v) is 9.44. The first kappa shape index (κ1) is 21.2. The lowest BCUT2D eigenvalue weighted by Gasteiger charge is -2.08. The van der Waals surface area contributed by atoms with Gasteiger partial charge in [0.15, 0.2) is 0 Å². The van der Waals surface area contributed by atoms with E-state index < -0.39 is 5.91 Å². The lowest BCUT2D eigenvalue weighted by molar-refractivity contribution is 0.0935. The van der Waals surface area contributed by atoms with Gasteiger partial charge in [0, 0.05) is 13.2 Å². The lowest BCUT2D eigenvalue weighted by Crippen LogP contribution is -2.27. The second-order valence-corrected chi connectivity index (χ2v) is 6.42. The van der Waals surface area contributed by atoms with E-state index in [-0.39, 0.29) is 11.5 Å². The zero-order valence-electron chi connectivity index (χ0n) is 15.1. The van der Waals surface area contributed by atoms with E-state index in [2.05, 4.69) is 5.32 Å². The number of hydrogen-bond acceptors (Lipinski definition) is 3. The Labute approximate surface area is 151 Å². The molecule has 0 unspecified atom stereocenters. The van der Waals surface area contributed by atoms with Crippen molar-refractivity contribution in [2.45, 2.75) is 64.2 Å². The molecule has 0 spiro atoms. The van der Waals surface area contributed by atoms with E-state index in [1.165, 1.54) is 38.5 Å². The molecule has 0 saturated heterocycles. The molecule has 5 nitrogen and oxygen atoms in total. The molecule has 0 bridgehead atoms. The number of benzene rings is 1. The number of aliphatic hydroxyl groups excluding tert-OH is 1. The predicted octanol–water partition coefficient (Wildman–Crippen LogP) is 3.41. The van der Waals surface area contributed by atoms with Crippen LogP contribution in [0.5, 0.6) is 0 Å². The van der Waals surface area contributed by atoms with Crippen molar-refractivity contribution in [1.82, 2.24) is 5.32 Å². The average Bonchev–Trinajstić information content (AvgIpc) is 2.62. The number of nitrogens with two attached hydrogens (primary N) is 1. The summed E-state index contributed by atoms with van der Waals surface area (Å²) in [4.78, 5) is 23.4. The Morgan fingerprint density at radius 1 is 0.800 bits per heavy atom. The Morgan fingerprint density at radius 2 is 1.28 bits per heavy atom. The molecule has 0 aromatic heterocycles. The number of hydrogen-bond donors (Lipinski definition) is 3. The van der Waals surface area contributed by atoms with E-state index in [1.807, 2.05) is 0 Å². The van der Waals surface area contributed by atoms with Crippen LogP contribution in [0.15, 0.2) is 24.3 Å². The van der Waals surface area contributed by atoms with Crippen LogP contribution < -0.4 is 11.1 Å². The molecule has 0 atom stereocenters. The summed E-state index contributed by atoms with van der Waals surface area (Å²) in [6.45, 7) is 0.928. The Balaban J connectivity index is 2.05. The molecule has 0 heterocycles. The zero-order chi connectivity index (χ0) is 18.3. The molecule has 0 aliphatic carbocycles. The van der Waals surface area contributed by atoms with Crippen LogP contribution in [0.2, 0.25) is 0 Å². The van der Waals surface area contributed by atoms with Crippen LogP contribution in [0.4, 0.5) is 0 Å². The maximum Gasteiger partial charge on any atom is 0.252 e. The second kappa shape index (κ2) is 13.4. The minimum atomic E-state index is -0.581. The Morgan fingerprint density at radius 3 is 1.80 bits per heavy atom. The molecule has 0 fully saturated rings. The Hall–Kier alpha value is -1.88. The Kier molecular flexibility index (Phi) is 11.4. The van der Waals surface area contributed by atoms with Gasteiger partial charge in [-0.05, 0) is 25.0 Å². The molecule has 1 rings (SSSR count). The summed E-state index contributed by atoms with van der Waals surface area (Å²) in [6, 6.07) is 6.62. The molecule has 0 aliphatic rings. The van der Waals surface area contributed by atoms with E-state index in [4.69, 9.17) is 10.8 Å². The minimum Gasteiger partial charge on any atom is -0.396 e. The third-order valence-corrected chi connectivity index (χ3v) is 4.31. The quantitative estimate of drug-likeness (QED) is 0.450. The van der Waals surface area contributed by atoms with Crippen LogP contribution in [0.3, 0.4) is 0 Å².